The Morgan fingerprint density at radius 2 is 2.00 bits per heavy atom. The van der Waals surface area contributed by atoms with E-state index in [4.69, 9.17) is 22.1 Å². The van der Waals surface area contributed by atoms with Crippen molar-refractivity contribution in [3.05, 3.63) is 61.9 Å². The lowest BCUT2D eigenvalue weighted by molar-refractivity contribution is 0.0524. The number of esters is 1. The summed E-state index contributed by atoms with van der Waals surface area (Å²) in [6, 6.07) is 2.71. The number of ether oxygens (including phenoxy) is 1. The number of hydrogen-bond acceptors (Lipinski definition) is 7. The number of rotatable bonds is 7. The Bertz CT molecular complexity index is 1450. The molecule has 11 heteroatoms. The molecule has 0 unspecified atom stereocenters. The fourth-order valence-corrected chi connectivity index (χ4v) is 5.09. The van der Waals surface area contributed by atoms with E-state index in [1.54, 1.807) is 11.8 Å². The summed E-state index contributed by atoms with van der Waals surface area (Å²) in [7, 11) is 0. The molecule has 0 atom stereocenters. The lowest BCUT2D eigenvalue weighted by Crippen LogP contribution is -2.60. The number of carbonyl (C=O) groups excluding carboxylic acids is 1. The SMILES string of the molecule is CCOC(=O)c1cn(-c2cc(N)c(F)cc2CO)c2c(Cl)c(N3CC(NC(C)C)C3)c(F)c(C)c2c1=O. The zero-order chi connectivity index (χ0) is 27.2. The molecule has 3 aromatic rings. The number of nitrogens with one attached hydrogen (secondary N) is 1. The number of fused-ring (bicyclic) bond motifs is 1. The van der Waals surface area contributed by atoms with Crippen LogP contribution in [0.1, 0.15) is 42.3 Å². The van der Waals surface area contributed by atoms with Crippen LogP contribution in [-0.4, -0.2) is 47.4 Å². The van der Waals surface area contributed by atoms with Crippen LogP contribution in [0.25, 0.3) is 16.6 Å². The molecule has 1 aliphatic heterocycles. The predicted molar refractivity (Wildman–Crippen MR) is 140 cm³/mol. The second kappa shape index (κ2) is 10.3. The van der Waals surface area contributed by atoms with Crippen LogP contribution >= 0.6 is 11.6 Å². The number of aromatic nitrogens is 1. The number of pyridine rings is 1. The van der Waals surface area contributed by atoms with Crippen molar-refractivity contribution < 1.29 is 23.4 Å². The summed E-state index contributed by atoms with van der Waals surface area (Å²) < 4.78 is 36.4. The van der Waals surface area contributed by atoms with Crippen LogP contribution in [-0.2, 0) is 11.3 Å². The first-order chi connectivity index (χ1) is 17.5. The van der Waals surface area contributed by atoms with Gasteiger partial charge in [-0.2, -0.15) is 0 Å². The summed E-state index contributed by atoms with van der Waals surface area (Å²) in [5, 5.41) is 13.2. The van der Waals surface area contributed by atoms with E-state index in [0.717, 1.165) is 6.07 Å². The van der Waals surface area contributed by atoms with Crippen molar-refractivity contribution in [3.8, 4) is 5.69 Å². The van der Waals surface area contributed by atoms with Gasteiger partial charge < -0.3 is 30.4 Å². The van der Waals surface area contributed by atoms with Crippen LogP contribution in [0.2, 0.25) is 5.02 Å². The minimum absolute atomic E-state index is 0.000185. The van der Waals surface area contributed by atoms with Crippen molar-refractivity contribution in [2.24, 2.45) is 0 Å². The Kier molecular flexibility index (Phi) is 7.45. The van der Waals surface area contributed by atoms with Crippen LogP contribution < -0.4 is 21.4 Å². The number of benzene rings is 2. The molecule has 1 saturated heterocycles. The molecule has 2 aromatic carbocycles. The average Bonchev–Trinajstić information content (AvgIpc) is 2.82. The monoisotopic (exact) mass is 534 g/mol. The molecule has 37 heavy (non-hydrogen) atoms. The number of nitrogens with two attached hydrogens (primary N) is 1. The highest BCUT2D eigenvalue weighted by Gasteiger charge is 2.34. The zero-order valence-electron chi connectivity index (χ0n) is 21.0. The first-order valence-corrected chi connectivity index (χ1v) is 12.3. The average molecular weight is 535 g/mol. The fraction of sp³-hybridized carbons (Fsp3) is 0.385. The molecular weight excluding hydrogens is 506 g/mol. The first-order valence-electron chi connectivity index (χ1n) is 11.9. The van der Waals surface area contributed by atoms with E-state index >= 15 is 4.39 Å². The molecule has 0 radical (unpaired) electrons. The van der Waals surface area contributed by atoms with Gasteiger partial charge in [0.15, 0.2) is 5.82 Å². The van der Waals surface area contributed by atoms with E-state index in [0.29, 0.717) is 13.1 Å². The summed E-state index contributed by atoms with van der Waals surface area (Å²) in [6.07, 6.45) is 1.21. The highest BCUT2D eigenvalue weighted by molar-refractivity contribution is 6.38. The van der Waals surface area contributed by atoms with Gasteiger partial charge >= 0.3 is 5.97 Å². The number of halogens is 3. The van der Waals surface area contributed by atoms with Crippen LogP contribution in [0.15, 0.2) is 23.1 Å². The number of aryl methyl sites for hydroxylation is 1. The smallest absolute Gasteiger partial charge is 0.343 e. The van der Waals surface area contributed by atoms with Crippen molar-refractivity contribution >= 4 is 39.8 Å². The number of nitrogens with zero attached hydrogens (tertiary/aromatic N) is 2. The van der Waals surface area contributed by atoms with Crippen molar-refractivity contribution in [2.45, 2.75) is 46.4 Å². The van der Waals surface area contributed by atoms with Crippen LogP contribution in [0, 0.1) is 18.6 Å². The third-order valence-corrected chi connectivity index (χ3v) is 6.78. The fourth-order valence-electron chi connectivity index (χ4n) is 4.70. The number of carbonyl (C=O) groups is 1. The van der Waals surface area contributed by atoms with Gasteiger partial charge in [-0.15, -0.1) is 0 Å². The highest BCUT2D eigenvalue weighted by atomic mass is 35.5. The molecular formula is C26H29ClF2N4O4. The third kappa shape index (κ3) is 4.65. The summed E-state index contributed by atoms with van der Waals surface area (Å²) in [5.41, 5.74) is 5.01. The van der Waals surface area contributed by atoms with E-state index in [1.807, 2.05) is 13.8 Å². The minimum Gasteiger partial charge on any atom is -0.462 e. The van der Waals surface area contributed by atoms with Crippen molar-refractivity contribution in [1.29, 1.82) is 0 Å². The molecule has 8 nitrogen and oxygen atoms in total. The summed E-state index contributed by atoms with van der Waals surface area (Å²) in [6.45, 7) is 7.49. The van der Waals surface area contributed by atoms with E-state index in [9.17, 15) is 19.1 Å². The Hall–Kier alpha value is -3.21. The van der Waals surface area contributed by atoms with Gasteiger partial charge in [-0.05, 0) is 26.0 Å². The highest BCUT2D eigenvalue weighted by Crippen LogP contribution is 2.41. The van der Waals surface area contributed by atoms with Gasteiger partial charge in [-0.1, -0.05) is 25.4 Å². The molecule has 0 bridgehead atoms. The molecule has 198 valence electrons. The van der Waals surface area contributed by atoms with Crippen molar-refractivity contribution in [3.63, 3.8) is 0 Å². The Balaban J connectivity index is 2.06. The van der Waals surface area contributed by atoms with E-state index < -0.39 is 29.6 Å². The largest absolute Gasteiger partial charge is 0.462 e. The molecule has 0 amide bonds. The van der Waals surface area contributed by atoms with Gasteiger partial charge in [0.05, 0.1) is 46.2 Å². The lowest BCUT2D eigenvalue weighted by Gasteiger charge is -2.43. The summed E-state index contributed by atoms with van der Waals surface area (Å²) in [5.74, 6) is -2.33. The second-order valence-electron chi connectivity index (χ2n) is 9.37. The Labute approximate surface area is 217 Å². The molecule has 0 spiro atoms. The van der Waals surface area contributed by atoms with Gasteiger partial charge in [-0.3, -0.25) is 4.79 Å². The Morgan fingerprint density at radius 3 is 2.59 bits per heavy atom. The number of nitrogen functional groups attached to an aromatic ring is 1. The molecule has 1 aromatic heterocycles. The third-order valence-electron chi connectivity index (χ3n) is 6.43. The van der Waals surface area contributed by atoms with Crippen LogP contribution in [0.3, 0.4) is 0 Å². The first kappa shape index (κ1) is 26.8. The van der Waals surface area contributed by atoms with Gasteiger partial charge in [-0.25, -0.2) is 13.6 Å². The maximum Gasteiger partial charge on any atom is 0.343 e. The van der Waals surface area contributed by atoms with Gasteiger partial charge in [0, 0.05) is 42.5 Å². The second-order valence-corrected chi connectivity index (χ2v) is 9.75. The maximum atomic E-state index is 15.8. The minimum atomic E-state index is -0.908. The molecule has 0 saturated carbocycles. The lowest BCUT2D eigenvalue weighted by atomic mass is 10.00. The zero-order valence-corrected chi connectivity index (χ0v) is 21.7. The van der Waals surface area contributed by atoms with Gasteiger partial charge in [0.1, 0.15) is 11.4 Å². The molecule has 2 heterocycles. The molecule has 4 rings (SSSR count). The summed E-state index contributed by atoms with van der Waals surface area (Å²) >= 11 is 6.82. The number of aliphatic hydroxyl groups is 1. The molecule has 1 fully saturated rings. The number of hydrogen-bond donors (Lipinski definition) is 3. The van der Waals surface area contributed by atoms with Crippen LogP contribution in [0.4, 0.5) is 20.2 Å². The quantitative estimate of drug-likeness (QED) is 0.313. The van der Waals surface area contributed by atoms with Crippen molar-refractivity contribution in [2.75, 3.05) is 30.3 Å². The van der Waals surface area contributed by atoms with Crippen molar-refractivity contribution in [1.82, 2.24) is 9.88 Å². The van der Waals surface area contributed by atoms with E-state index in [1.165, 1.54) is 23.8 Å². The topological polar surface area (TPSA) is 110 Å². The number of anilines is 2. The van der Waals surface area contributed by atoms with E-state index in [2.05, 4.69) is 5.32 Å². The van der Waals surface area contributed by atoms with Gasteiger partial charge in [0.2, 0.25) is 5.43 Å². The molecule has 1 aliphatic rings. The standard InChI is InChI=1S/C26H29ClF2N4O4/c1-5-37-26(36)16-10-33(19-7-18(30)17(28)6-14(19)11-34)23-20(25(16)35)13(4)22(29)24(21(23)27)32-8-15(9-32)31-12(2)3/h6-7,10,12,15,31,34H,5,8-9,11,30H2,1-4H3. The molecule has 4 N–H and O–H groups in total. The molecule has 0 aliphatic carbocycles. The predicted octanol–water partition coefficient (Wildman–Crippen LogP) is 3.67. The number of aliphatic hydroxyl groups excluding tert-OH is 1. The van der Waals surface area contributed by atoms with E-state index in [-0.39, 0.29) is 68.4 Å². The summed E-state index contributed by atoms with van der Waals surface area (Å²) in [4.78, 5) is 27.9. The van der Waals surface area contributed by atoms with Gasteiger partial charge in [0.25, 0.3) is 0 Å². The maximum absolute atomic E-state index is 15.8. The normalized spacial score (nSPS) is 13.9. The van der Waals surface area contributed by atoms with Crippen LogP contribution in [0.5, 0.6) is 0 Å². The Morgan fingerprint density at radius 1 is 1.32 bits per heavy atom.